The molecule has 0 radical (unpaired) electrons. The molecule has 110 valence electrons. The summed E-state index contributed by atoms with van der Waals surface area (Å²) in [6, 6.07) is 11.1. The Balaban J connectivity index is 1.86. The molecular weight excluding hydrogens is 324 g/mol. The van der Waals surface area contributed by atoms with Gasteiger partial charge in [0.25, 0.3) is 0 Å². The average Bonchev–Trinajstić information content (AvgIpc) is 2.95. The Hall–Kier alpha value is -2.04. The molecule has 5 heteroatoms. The van der Waals surface area contributed by atoms with E-state index in [0.717, 1.165) is 5.56 Å². The zero-order chi connectivity index (χ0) is 15.5. The van der Waals surface area contributed by atoms with Crippen molar-refractivity contribution < 1.29 is 8.78 Å². The van der Waals surface area contributed by atoms with E-state index in [-0.39, 0.29) is 5.56 Å². The van der Waals surface area contributed by atoms with Gasteiger partial charge in [-0.3, -0.25) is 0 Å². The van der Waals surface area contributed by atoms with Crippen LogP contribution in [-0.4, -0.2) is 4.98 Å². The molecule has 1 nitrogen and oxygen atoms in total. The molecule has 0 saturated heterocycles. The van der Waals surface area contributed by atoms with Crippen LogP contribution in [0.1, 0.15) is 10.6 Å². The van der Waals surface area contributed by atoms with E-state index in [4.69, 9.17) is 11.6 Å². The van der Waals surface area contributed by atoms with Crippen LogP contribution in [0.4, 0.5) is 8.78 Å². The molecule has 22 heavy (non-hydrogen) atoms. The van der Waals surface area contributed by atoms with Crippen molar-refractivity contribution in [1.29, 1.82) is 0 Å². The van der Waals surface area contributed by atoms with Gasteiger partial charge in [-0.05, 0) is 35.9 Å². The molecule has 2 aromatic carbocycles. The molecule has 0 fully saturated rings. The molecule has 0 N–H and O–H groups in total. The normalized spacial score (nSPS) is 11.2. The number of thiazole rings is 1. The highest BCUT2D eigenvalue weighted by Gasteiger charge is 2.13. The Labute approximate surface area is 135 Å². The minimum Gasteiger partial charge on any atom is -0.236 e. The summed E-state index contributed by atoms with van der Waals surface area (Å²) in [7, 11) is 0. The van der Waals surface area contributed by atoms with Crippen molar-refractivity contribution >= 4 is 35.1 Å². The minimum absolute atomic E-state index is 0.0927. The van der Waals surface area contributed by atoms with Gasteiger partial charge in [0.1, 0.15) is 16.6 Å². The first kappa shape index (κ1) is 14.9. The van der Waals surface area contributed by atoms with Crippen LogP contribution in [0, 0.1) is 11.6 Å². The first-order valence-corrected chi connectivity index (χ1v) is 7.73. The Morgan fingerprint density at radius 3 is 2.32 bits per heavy atom. The van der Waals surface area contributed by atoms with Crippen molar-refractivity contribution in [3.05, 3.63) is 75.1 Å². The standard InChI is InChI=1S/C17H10ClF2NS/c18-12-7-4-11(5-8-12)6-9-16-21-15(10-22-16)17-13(19)2-1-3-14(17)20/h1-10H/b9-6+. The van der Waals surface area contributed by atoms with E-state index in [1.165, 1.54) is 29.5 Å². The predicted octanol–water partition coefficient (Wildman–Crippen LogP) is 5.91. The third-order valence-corrected chi connectivity index (χ3v) is 4.09. The highest BCUT2D eigenvalue weighted by Crippen LogP contribution is 2.28. The van der Waals surface area contributed by atoms with Crippen LogP contribution in [0.15, 0.2) is 47.8 Å². The minimum atomic E-state index is -0.612. The Morgan fingerprint density at radius 2 is 1.64 bits per heavy atom. The molecular formula is C17H10ClF2NS. The van der Waals surface area contributed by atoms with Crippen LogP contribution in [0.3, 0.4) is 0 Å². The third-order valence-electron chi connectivity index (χ3n) is 3.03. The summed E-state index contributed by atoms with van der Waals surface area (Å²) in [5.74, 6) is -1.22. The van der Waals surface area contributed by atoms with E-state index in [1.54, 1.807) is 23.6 Å². The van der Waals surface area contributed by atoms with Gasteiger partial charge in [0.05, 0.1) is 11.3 Å². The van der Waals surface area contributed by atoms with Crippen LogP contribution in [0.25, 0.3) is 23.4 Å². The molecule has 0 unspecified atom stereocenters. The monoisotopic (exact) mass is 333 g/mol. The zero-order valence-corrected chi connectivity index (χ0v) is 12.8. The van der Waals surface area contributed by atoms with Gasteiger partial charge in [-0.25, -0.2) is 13.8 Å². The van der Waals surface area contributed by atoms with Gasteiger partial charge in [0.15, 0.2) is 0 Å². The second-order valence-corrected chi connectivity index (χ2v) is 5.88. The molecule has 1 heterocycles. The largest absolute Gasteiger partial charge is 0.236 e. The van der Waals surface area contributed by atoms with Crippen molar-refractivity contribution in [3.63, 3.8) is 0 Å². The molecule has 3 rings (SSSR count). The number of aromatic nitrogens is 1. The number of hydrogen-bond donors (Lipinski definition) is 0. The zero-order valence-electron chi connectivity index (χ0n) is 11.3. The Bertz CT molecular complexity index is 805. The van der Waals surface area contributed by atoms with Gasteiger partial charge >= 0.3 is 0 Å². The van der Waals surface area contributed by atoms with Crippen molar-refractivity contribution in [1.82, 2.24) is 4.98 Å². The van der Waals surface area contributed by atoms with Gasteiger partial charge in [0, 0.05) is 10.4 Å². The highest BCUT2D eigenvalue weighted by molar-refractivity contribution is 7.10. The lowest BCUT2D eigenvalue weighted by molar-refractivity contribution is 0.589. The summed E-state index contributed by atoms with van der Waals surface area (Å²) in [6.07, 6.45) is 3.67. The van der Waals surface area contributed by atoms with E-state index in [0.29, 0.717) is 15.7 Å². The van der Waals surface area contributed by atoms with Crippen LogP contribution in [0.5, 0.6) is 0 Å². The summed E-state index contributed by atoms with van der Waals surface area (Å²) >= 11 is 7.15. The number of rotatable bonds is 3. The predicted molar refractivity (Wildman–Crippen MR) is 87.8 cm³/mol. The topological polar surface area (TPSA) is 12.9 Å². The second-order valence-electron chi connectivity index (χ2n) is 4.55. The van der Waals surface area contributed by atoms with Gasteiger partial charge < -0.3 is 0 Å². The Kier molecular flexibility index (Phi) is 4.32. The van der Waals surface area contributed by atoms with Gasteiger partial charge in [-0.2, -0.15) is 0 Å². The smallest absolute Gasteiger partial charge is 0.135 e. The van der Waals surface area contributed by atoms with Crippen LogP contribution < -0.4 is 0 Å². The summed E-state index contributed by atoms with van der Waals surface area (Å²) in [5.41, 5.74) is 1.18. The molecule has 1 aromatic heterocycles. The number of halogens is 3. The van der Waals surface area contributed by atoms with E-state index in [2.05, 4.69) is 4.98 Å². The molecule has 3 aromatic rings. The fourth-order valence-corrected chi connectivity index (χ4v) is 2.79. The van der Waals surface area contributed by atoms with E-state index >= 15 is 0 Å². The maximum Gasteiger partial charge on any atom is 0.135 e. The summed E-state index contributed by atoms with van der Waals surface area (Å²) in [4.78, 5) is 4.26. The molecule has 0 aliphatic heterocycles. The number of hydrogen-bond acceptors (Lipinski definition) is 2. The summed E-state index contributed by atoms with van der Waals surface area (Å²) < 4.78 is 27.5. The van der Waals surface area contributed by atoms with Gasteiger partial charge in [0.2, 0.25) is 0 Å². The summed E-state index contributed by atoms with van der Waals surface area (Å²) in [6.45, 7) is 0. The third kappa shape index (κ3) is 3.24. The van der Waals surface area contributed by atoms with Crippen molar-refractivity contribution in [3.8, 4) is 11.3 Å². The number of benzene rings is 2. The maximum atomic E-state index is 13.7. The fraction of sp³-hybridized carbons (Fsp3) is 0. The van der Waals surface area contributed by atoms with Crippen molar-refractivity contribution in [2.75, 3.05) is 0 Å². The summed E-state index contributed by atoms with van der Waals surface area (Å²) in [5, 5.41) is 2.99. The van der Waals surface area contributed by atoms with Gasteiger partial charge in [-0.15, -0.1) is 11.3 Å². The highest BCUT2D eigenvalue weighted by atomic mass is 35.5. The fourth-order valence-electron chi connectivity index (χ4n) is 1.96. The lowest BCUT2D eigenvalue weighted by Gasteiger charge is -2.00. The lowest BCUT2D eigenvalue weighted by atomic mass is 10.1. The first-order chi connectivity index (χ1) is 10.6. The first-order valence-electron chi connectivity index (χ1n) is 6.47. The lowest BCUT2D eigenvalue weighted by Crippen LogP contribution is -1.89. The maximum absolute atomic E-state index is 13.7. The molecule has 0 atom stereocenters. The van der Waals surface area contributed by atoms with E-state index in [9.17, 15) is 8.78 Å². The SMILES string of the molecule is Fc1cccc(F)c1-c1csc(/C=C/c2ccc(Cl)cc2)n1. The van der Waals surface area contributed by atoms with Crippen molar-refractivity contribution in [2.45, 2.75) is 0 Å². The molecule has 0 aliphatic carbocycles. The second kappa shape index (κ2) is 6.38. The van der Waals surface area contributed by atoms with Crippen molar-refractivity contribution in [2.24, 2.45) is 0 Å². The molecule has 0 saturated carbocycles. The van der Waals surface area contributed by atoms with Crippen LogP contribution >= 0.6 is 22.9 Å². The Morgan fingerprint density at radius 1 is 0.955 bits per heavy atom. The van der Waals surface area contributed by atoms with E-state index < -0.39 is 11.6 Å². The quantitative estimate of drug-likeness (QED) is 0.580. The molecule has 0 amide bonds. The van der Waals surface area contributed by atoms with Crippen LogP contribution in [0.2, 0.25) is 5.02 Å². The molecule has 0 spiro atoms. The molecule has 0 bridgehead atoms. The van der Waals surface area contributed by atoms with E-state index in [1.807, 2.05) is 18.2 Å². The average molecular weight is 334 g/mol. The molecule has 0 aliphatic rings. The number of nitrogens with zero attached hydrogens (tertiary/aromatic N) is 1. The van der Waals surface area contributed by atoms with Gasteiger partial charge in [-0.1, -0.05) is 35.9 Å². The van der Waals surface area contributed by atoms with Crippen LogP contribution in [-0.2, 0) is 0 Å².